The van der Waals surface area contributed by atoms with Gasteiger partial charge in [-0.25, -0.2) is 4.79 Å². The molecule has 2 aliphatic rings. The number of thioether (sulfide) groups is 1. The lowest BCUT2D eigenvalue weighted by Gasteiger charge is -2.44. The molecular formula is C18H23NO4S. The molecule has 1 amide bonds. The molecule has 5 nitrogen and oxygen atoms in total. The van der Waals surface area contributed by atoms with E-state index in [4.69, 9.17) is 4.74 Å². The summed E-state index contributed by atoms with van der Waals surface area (Å²) in [5.74, 6) is 0.159. The van der Waals surface area contributed by atoms with Crippen LogP contribution in [0.1, 0.15) is 35.2 Å². The Bertz CT molecular complexity index is 607. The van der Waals surface area contributed by atoms with Gasteiger partial charge in [-0.15, -0.1) is 0 Å². The summed E-state index contributed by atoms with van der Waals surface area (Å²) in [6.07, 6.45) is 2.84. The van der Waals surface area contributed by atoms with Crippen LogP contribution in [0.2, 0.25) is 0 Å². The first kappa shape index (κ1) is 17.3. The number of carboxylic acids is 1. The molecular weight excluding hydrogens is 326 g/mol. The number of carboxylic acid groups (broad SMARTS) is 1. The van der Waals surface area contributed by atoms with Crippen molar-refractivity contribution >= 4 is 23.6 Å². The summed E-state index contributed by atoms with van der Waals surface area (Å²) < 4.78 is 5.62. The molecule has 130 valence electrons. The number of carbonyl (C=O) groups is 2. The maximum absolute atomic E-state index is 12.6. The molecule has 0 atom stereocenters. The second-order valence-corrected chi connectivity index (χ2v) is 7.98. The smallest absolute Gasteiger partial charge is 0.335 e. The predicted octanol–water partition coefficient (Wildman–Crippen LogP) is 2.44. The van der Waals surface area contributed by atoms with Crippen molar-refractivity contribution in [2.45, 2.75) is 30.4 Å². The summed E-state index contributed by atoms with van der Waals surface area (Å²) >= 11 is 1.98. The first-order chi connectivity index (χ1) is 11.6. The monoisotopic (exact) mass is 349 g/mol. The molecule has 24 heavy (non-hydrogen) atoms. The van der Waals surface area contributed by atoms with Crippen LogP contribution >= 0.6 is 11.8 Å². The third-order valence-corrected chi connectivity index (χ3v) is 6.40. The van der Waals surface area contributed by atoms with Gasteiger partial charge in [0.1, 0.15) is 0 Å². The highest BCUT2D eigenvalue weighted by Crippen LogP contribution is 2.39. The molecule has 2 heterocycles. The van der Waals surface area contributed by atoms with E-state index >= 15 is 0 Å². The van der Waals surface area contributed by atoms with Crippen LogP contribution in [0.4, 0.5) is 0 Å². The Morgan fingerprint density at radius 1 is 1.25 bits per heavy atom. The van der Waals surface area contributed by atoms with Gasteiger partial charge in [0.25, 0.3) is 0 Å². The van der Waals surface area contributed by atoms with Gasteiger partial charge in [-0.3, -0.25) is 4.79 Å². The SMILES string of the molecule is O=C(O)c1ccccc1CCC(=O)N1CCSC2(CCOCC2)C1. The van der Waals surface area contributed by atoms with E-state index < -0.39 is 5.97 Å². The zero-order valence-electron chi connectivity index (χ0n) is 13.7. The normalized spacial score (nSPS) is 20.1. The minimum absolute atomic E-state index is 0.126. The second kappa shape index (κ2) is 7.57. The number of nitrogens with zero attached hydrogens (tertiary/aromatic N) is 1. The van der Waals surface area contributed by atoms with Gasteiger partial charge in [0, 0.05) is 43.2 Å². The maximum atomic E-state index is 12.6. The first-order valence-corrected chi connectivity index (χ1v) is 9.39. The van der Waals surface area contributed by atoms with Crippen LogP contribution in [0.15, 0.2) is 24.3 Å². The maximum Gasteiger partial charge on any atom is 0.335 e. The number of carbonyl (C=O) groups excluding carboxylic acids is 1. The van der Waals surface area contributed by atoms with E-state index in [0.29, 0.717) is 18.4 Å². The first-order valence-electron chi connectivity index (χ1n) is 8.40. The van der Waals surface area contributed by atoms with Crippen LogP contribution in [0.3, 0.4) is 0 Å². The van der Waals surface area contributed by atoms with E-state index in [9.17, 15) is 14.7 Å². The van der Waals surface area contributed by atoms with Crippen molar-refractivity contribution in [3.8, 4) is 0 Å². The van der Waals surface area contributed by atoms with Crippen molar-refractivity contribution < 1.29 is 19.4 Å². The Balaban J connectivity index is 1.60. The Labute approximate surface area is 146 Å². The topological polar surface area (TPSA) is 66.8 Å². The van der Waals surface area contributed by atoms with Crippen molar-refractivity contribution in [3.05, 3.63) is 35.4 Å². The molecule has 0 aromatic heterocycles. The molecule has 1 aromatic carbocycles. The van der Waals surface area contributed by atoms with Gasteiger partial charge in [0.2, 0.25) is 5.91 Å². The lowest BCUT2D eigenvalue weighted by Crippen LogP contribution is -2.51. The minimum Gasteiger partial charge on any atom is -0.478 e. The highest BCUT2D eigenvalue weighted by atomic mass is 32.2. The molecule has 0 aliphatic carbocycles. The number of ether oxygens (including phenoxy) is 1. The Morgan fingerprint density at radius 3 is 2.75 bits per heavy atom. The van der Waals surface area contributed by atoms with Gasteiger partial charge < -0.3 is 14.7 Å². The number of aromatic carboxylic acids is 1. The molecule has 1 aromatic rings. The summed E-state index contributed by atoms with van der Waals surface area (Å²) in [5, 5.41) is 9.24. The lowest BCUT2D eigenvalue weighted by molar-refractivity contribution is -0.132. The number of amides is 1. The van der Waals surface area contributed by atoms with Crippen LogP contribution < -0.4 is 0 Å². The average molecular weight is 349 g/mol. The van der Waals surface area contributed by atoms with Gasteiger partial charge in [-0.05, 0) is 30.9 Å². The van der Waals surface area contributed by atoms with Gasteiger partial charge in [-0.2, -0.15) is 11.8 Å². The van der Waals surface area contributed by atoms with E-state index in [1.807, 2.05) is 22.7 Å². The molecule has 0 bridgehead atoms. The van der Waals surface area contributed by atoms with Gasteiger partial charge in [-0.1, -0.05) is 18.2 Å². The van der Waals surface area contributed by atoms with Crippen molar-refractivity contribution in [1.82, 2.24) is 4.90 Å². The average Bonchev–Trinajstić information content (AvgIpc) is 2.60. The zero-order chi connectivity index (χ0) is 17.0. The summed E-state index contributed by atoms with van der Waals surface area (Å²) in [7, 11) is 0. The van der Waals surface area contributed by atoms with Crippen molar-refractivity contribution in [3.63, 3.8) is 0 Å². The van der Waals surface area contributed by atoms with E-state index in [1.54, 1.807) is 18.2 Å². The van der Waals surface area contributed by atoms with Crippen LogP contribution in [-0.4, -0.2) is 58.7 Å². The van der Waals surface area contributed by atoms with E-state index in [-0.39, 0.29) is 10.7 Å². The fraction of sp³-hybridized carbons (Fsp3) is 0.556. The van der Waals surface area contributed by atoms with Gasteiger partial charge >= 0.3 is 5.97 Å². The van der Waals surface area contributed by atoms with Crippen molar-refractivity contribution in [2.75, 3.05) is 32.1 Å². The van der Waals surface area contributed by atoms with Gasteiger partial charge in [0.15, 0.2) is 0 Å². The number of hydrogen-bond donors (Lipinski definition) is 1. The molecule has 1 N–H and O–H groups in total. The standard InChI is InChI=1S/C18H23NO4S/c20-16(6-5-14-3-1-2-4-15(14)17(21)22)19-9-12-24-18(13-19)7-10-23-11-8-18/h1-4H,5-13H2,(H,21,22). The molecule has 0 saturated carbocycles. The third kappa shape index (κ3) is 3.92. The summed E-state index contributed by atoms with van der Waals surface area (Å²) in [5.41, 5.74) is 1.02. The third-order valence-electron chi connectivity index (χ3n) is 4.86. The van der Waals surface area contributed by atoms with Crippen LogP contribution in [-0.2, 0) is 16.0 Å². The molecule has 1 spiro atoms. The Kier molecular flexibility index (Phi) is 5.46. The highest BCUT2D eigenvalue weighted by Gasteiger charge is 2.39. The van der Waals surface area contributed by atoms with Crippen LogP contribution in [0.5, 0.6) is 0 Å². The molecule has 2 fully saturated rings. The molecule has 2 saturated heterocycles. The summed E-state index contributed by atoms with van der Waals surface area (Å²) in [4.78, 5) is 25.8. The molecule has 0 unspecified atom stereocenters. The fourth-order valence-corrected chi connectivity index (χ4v) is 4.90. The Morgan fingerprint density at radius 2 is 2.00 bits per heavy atom. The number of aryl methyl sites for hydroxylation is 1. The van der Waals surface area contributed by atoms with E-state index in [2.05, 4.69) is 0 Å². The van der Waals surface area contributed by atoms with Crippen LogP contribution in [0, 0.1) is 0 Å². The molecule has 2 aliphatic heterocycles. The molecule has 0 radical (unpaired) electrons. The summed E-state index contributed by atoms with van der Waals surface area (Å²) in [6.45, 7) is 3.13. The summed E-state index contributed by atoms with van der Waals surface area (Å²) in [6, 6.07) is 6.92. The van der Waals surface area contributed by atoms with E-state index in [0.717, 1.165) is 50.5 Å². The quantitative estimate of drug-likeness (QED) is 0.904. The highest BCUT2D eigenvalue weighted by molar-refractivity contribution is 8.00. The zero-order valence-corrected chi connectivity index (χ0v) is 14.5. The number of rotatable bonds is 4. The molecule has 6 heteroatoms. The number of benzene rings is 1. The number of hydrogen-bond acceptors (Lipinski definition) is 4. The van der Waals surface area contributed by atoms with Gasteiger partial charge in [0.05, 0.1) is 5.56 Å². The Hall–Kier alpha value is -1.53. The fourth-order valence-electron chi connectivity index (χ4n) is 3.45. The van der Waals surface area contributed by atoms with E-state index in [1.165, 1.54) is 0 Å². The largest absolute Gasteiger partial charge is 0.478 e. The van der Waals surface area contributed by atoms with Crippen molar-refractivity contribution in [2.24, 2.45) is 0 Å². The molecule has 3 rings (SSSR count). The lowest BCUT2D eigenvalue weighted by atomic mass is 9.97. The van der Waals surface area contributed by atoms with Crippen LogP contribution in [0.25, 0.3) is 0 Å². The van der Waals surface area contributed by atoms with Crippen molar-refractivity contribution in [1.29, 1.82) is 0 Å². The second-order valence-electron chi connectivity index (χ2n) is 6.42. The minimum atomic E-state index is -0.936. The predicted molar refractivity (Wildman–Crippen MR) is 93.5 cm³/mol.